The molecule has 0 amide bonds. The number of halogens is 3. The highest BCUT2D eigenvalue weighted by Crippen LogP contribution is 2.17. The van der Waals surface area contributed by atoms with Gasteiger partial charge in [0.25, 0.3) is 0 Å². The summed E-state index contributed by atoms with van der Waals surface area (Å²) in [4.78, 5) is 1.36. The second kappa shape index (κ2) is 6.24. The van der Waals surface area contributed by atoms with Gasteiger partial charge < -0.3 is 5.32 Å². The van der Waals surface area contributed by atoms with E-state index in [0.29, 0.717) is 6.54 Å². The van der Waals surface area contributed by atoms with E-state index in [0.717, 1.165) is 12.8 Å². The van der Waals surface area contributed by atoms with Gasteiger partial charge in [0.2, 0.25) is 0 Å². The van der Waals surface area contributed by atoms with Crippen LogP contribution >= 0.6 is 0 Å². The van der Waals surface area contributed by atoms with Crippen molar-refractivity contribution in [2.24, 2.45) is 0 Å². The summed E-state index contributed by atoms with van der Waals surface area (Å²) in [7, 11) is 3.27. The Morgan fingerprint density at radius 3 is 2.29 bits per heavy atom. The van der Waals surface area contributed by atoms with Gasteiger partial charge in [0, 0.05) is 12.6 Å². The van der Waals surface area contributed by atoms with Crippen LogP contribution in [0, 0.1) is 0 Å². The third-order valence-electron chi connectivity index (χ3n) is 2.11. The zero-order valence-corrected chi connectivity index (χ0v) is 8.99. The molecule has 0 heterocycles. The number of rotatable bonds is 6. The highest BCUT2D eigenvalue weighted by Gasteiger charge is 2.31. The van der Waals surface area contributed by atoms with Gasteiger partial charge in [-0.2, -0.15) is 13.2 Å². The summed E-state index contributed by atoms with van der Waals surface area (Å²) >= 11 is 0. The number of alkyl halides is 3. The molecule has 0 aromatic carbocycles. The first-order chi connectivity index (χ1) is 6.40. The van der Waals surface area contributed by atoms with Crippen LogP contribution in [0.15, 0.2) is 0 Å². The molecule has 0 spiro atoms. The fourth-order valence-corrected chi connectivity index (χ4v) is 1.46. The zero-order valence-electron chi connectivity index (χ0n) is 8.99. The maximum Gasteiger partial charge on any atom is 0.401 e. The lowest BCUT2D eigenvalue weighted by molar-refractivity contribution is -0.147. The van der Waals surface area contributed by atoms with Crippen molar-refractivity contribution in [2.45, 2.75) is 32.0 Å². The van der Waals surface area contributed by atoms with Crippen molar-refractivity contribution in [2.75, 3.05) is 27.2 Å². The monoisotopic (exact) mass is 212 g/mol. The van der Waals surface area contributed by atoms with Gasteiger partial charge in [0.05, 0.1) is 6.54 Å². The molecule has 1 unspecified atom stereocenters. The molecule has 5 heteroatoms. The second-order valence-corrected chi connectivity index (χ2v) is 3.53. The Kier molecular flexibility index (Phi) is 6.11. The summed E-state index contributed by atoms with van der Waals surface area (Å²) in [6.07, 6.45) is -2.42. The van der Waals surface area contributed by atoms with Crippen LogP contribution in [0.5, 0.6) is 0 Å². The molecular weight excluding hydrogens is 193 g/mol. The minimum Gasteiger partial charge on any atom is -0.318 e. The maximum atomic E-state index is 12.1. The van der Waals surface area contributed by atoms with E-state index in [2.05, 4.69) is 5.32 Å². The average Bonchev–Trinajstić information content (AvgIpc) is 2.01. The van der Waals surface area contributed by atoms with Crippen LogP contribution in [-0.2, 0) is 0 Å². The molecule has 0 bridgehead atoms. The third-order valence-corrected chi connectivity index (χ3v) is 2.11. The van der Waals surface area contributed by atoms with Crippen LogP contribution < -0.4 is 5.32 Å². The van der Waals surface area contributed by atoms with Crippen molar-refractivity contribution in [1.29, 1.82) is 0 Å². The SMILES string of the molecule is CCCC(CNC)N(C)CC(F)(F)F. The molecule has 0 fully saturated rings. The molecular formula is C9H19F3N2. The molecule has 86 valence electrons. The van der Waals surface area contributed by atoms with E-state index in [1.165, 1.54) is 11.9 Å². The van der Waals surface area contributed by atoms with Crippen molar-refractivity contribution in [3.05, 3.63) is 0 Å². The maximum absolute atomic E-state index is 12.1. The quantitative estimate of drug-likeness (QED) is 0.723. The van der Waals surface area contributed by atoms with Crippen LogP contribution in [0.3, 0.4) is 0 Å². The number of hydrogen-bond acceptors (Lipinski definition) is 2. The smallest absolute Gasteiger partial charge is 0.318 e. The van der Waals surface area contributed by atoms with Gasteiger partial charge in [-0.05, 0) is 20.5 Å². The average molecular weight is 212 g/mol. The number of nitrogens with one attached hydrogen (secondary N) is 1. The Bertz CT molecular complexity index is 141. The van der Waals surface area contributed by atoms with Gasteiger partial charge in [-0.3, -0.25) is 4.90 Å². The van der Waals surface area contributed by atoms with Gasteiger partial charge in [0.15, 0.2) is 0 Å². The molecule has 1 N–H and O–H groups in total. The van der Waals surface area contributed by atoms with Crippen LogP contribution in [0.1, 0.15) is 19.8 Å². The van der Waals surface area contributed by atoms with E-state index < -0.39 is 12.7 Å². The van der Waals surface area contributed by atoms with E-state index in [-0.39, 0.29) is 6.04 Å². The number of hydrogen-bond donors (Lipinski definition) is 1. The molecule has 0 aliphatic carbocycles. The highest BCUT2D eigenvalue weighted by atomic mass is 19.4. The van der Waals surface area contributed by atoms with Gasteiger partial charge >= 0.3 is 6.18 Å². The Morgan fingerprint density at radius 1 is 1.36 bits per heavy atom. The first kappa shape index (κ1) is 13.7. The van der Waals surface area contributed by atoms with Crippen molar-refractivity contribution in [3.8, 4) is 0 Å². The van der Waals surface area contributed by atoms with Crippen molar-refractivity contribution in [3.63, 3.8) is 0 Å². The summed E-state index contributed by atoms with van der Waals surface area (Å²) in [6, 6.07) is -0.0355. The molecule has 2 nitrogen and oxygen atoms in total. The first-order valence-electron chi connectivity index (χ1n) is 4.82. The standard InChI is InChI=1S/C9H19F3N2/c1-4-5-8(6-13-2)14(3)7-9(10,11)12/h8,13H,4-7H2,1-3H3. The summed E-state index contributed by atoms with van der Waals surface area (Å²) in [5, 5.41) is 2.91. The van der Waals surface area contributed by atoms with Crippen LogP contribution in [0.25, 0.3) is 0 Å². The normalized spacial score (nSPS) is 14.8. The molecule has 0 saturated heterocycles. The predicted molar refractivity (Wildman–Crippen MR) is 51.3 cm³/mol. The molecule has 0 aromatic rings. The molecule has 14 heavy (non-hydrogen) atoms. The van der Waals surface area contributed by atoms with Gasteiger partial charge in [-0.25, -0.2) is 0 Å². The van der Waals surface area contributed by atoms with Gasteiger partial charge in [0.1, 0.15) is 0 Å². The fraction of sp³-hybridized carbons (Fsp3) is 1.00. The first-order valence-corrected chi connectivity index (χ1v) is 4.82. The molecule has 0 aliphatic heterocycles. The van der Waals surface area contributed by atoms with E-state index in [4.69, 9.17) is 0 Å². The number of nitrogens with zero attached hydrogens (tertiary/aromatic N) is 1. The molecule has 1 atom stereocenters. The Morgan fingerprint density at radius 2 is 1.93 bits per heavy atom. The van der Waals surface area contributed by atoms with Crippen LogP contribution in [0.2, 0.25) is 0 Å². The molecule has 0 aliphatic rings. The van der Waals surface area contributed by atoms with E-state index in [9.17, 15) is 13.2 Å². The highest BCUT2D eigenvalue weighted by molar-refractivity contribution is 4.72. The van der Waals surface area contributed by atoms with E-state index >= 15 is 0 Å². The molecule has 0 rings (SSSR count). The van der Waals surface area contributed by atoms with Crippen LogP contribution in [-0.4, -0.2) is 44.3 Å². The Labute approximate surface area is 83.5 Å². The number of likely N-dealkylation sites (N-methyl/N-ethyl adjacent to an activating group) is 2. The van der Waals surface area contributed by atoms with Gasteiger partial charge in [-0.1, -0.05) is 13.3 Å². The minimum absolute atomic E-state index is 0.0355. The lowest BCUT2D eigenvalue weighted by Gasteiger charge is -2.28. The summed E-state index contributed by atoms with van der Waals surface area (Å²) in [5.41, 5.74) is 0. The van der Waals surface area contributed by atoms with Crippen molar-refractivity contribution in [1.82, 2.24) is 10.2 Å². The summed E-state index contributed by atoms with van der Waals surface area (Å²) < 4.78 is 36.3. The molecule has 0 radical (unpaired) electrons. The summed E-state index contributed by atoms with van der Waals surface area (Å²) in [5.74, 6) is 0. The lowest BCUT2D eigenvalue weighted by atomic mass is 10.1. The largest absolute Gasteiger partial charge is 0.401 e. The topological polar surface area (TPSA) is 15.3 Å². The van der Waals surface area contributed by atoms with Crippen molar-refractivity contribution < 1.29 is 13.2 Å². The minimum atomic E-state index is -4.10. The molecule has 0 saturated carbocycles. The second-order valence-electron chi connectivity index (χ2n) is 3.53. The zero-order chi connectivity index (χ0) is 11.2. The van der Waals surface area contributed by atoms with Crippen molar-refractivity contribution >= 4 is 0 Å². The van der Waals surface area contributed by atoms with E-state index in [1.807, 2.05) is 6.92 Å². The van der Waals surface area contributed by atoms with Gasteiger partial charge in [-0.15, -0.1) is 0 Å². The van der Waals surface area contributed by atoms with E-state index in [1.54, 1.807) is 7.05 Å². The summed E-state index contributed by atoms with van der Waals surface area (Å²) in [6.45, 7) is 1.74. The third kappa shape index (κ3) is 6.21. The van der Waals surface area contributed by atoms with Crippen LogP contribution in [0.4, 0.5) is 13.2 Å². The molecule has 0 aromatic heterocycles. The fourth-order valence-electron chi connectivity index (χ4n) is 1.46. The predicted octanol–water partition coefficient (Wildman–Crippen LogP) is 1.87. The Hall–Kier alpha value is -0.290. The lowest BCUT2D eigenvalue weighted by Crippen LogP contribution is -2.43. The Balaban J connectivity index is 4.06.